The van der Waals surface area contributed by atoms with E-state index in [2.05, 4.69) is 24.1 Å². The van der Waals surface area contributed by atoms with Gasteiger partial charge in [0.05, 0.1) is 20.3 Å². The summed E-state index contributed by atoms with van der Waals surface area (Å²) in [6.07, 6.45) is 5.29. The molecular formula is C21H23NO5. The van der Waals surface area contributed by atoms with Crippen molar-refractivity contribution in [1.82, 2.24) is 4.90 Å². The normalized spacial score (nSPS) is 37.3. The molecule has 2 bridgehead atoms. The fraction of sp³-hybridized carbons (Fsp3) is 0.476. The summed E-state index contributed by atoms with van der Waals surface area (Å²) in [5.41, 5.74) is 2.82. The number of aromatic hydroxyl groups is 1. The summed E-state index contributed by atoms with van der Waals surface area (Å²) < 4.78 is 16.5. The molecule has 1 aliphatic heterocycles. The van der Waals surface area contributed by atoms with E-state index in [0.717, 1.165) is 24.0 Å². The van der Waals surface area contributed by atoms with Crippen molar-refractivity contribution in [3.8, 4) is 11.5 Å². The van der Waals surface area contributed by atoms with Gasteiger partial charge in [0.25, 0.3) is 0 Å². The molecule has 1 aromatic rings. The number of phenols is 1. The molecule has 1 N–H and O–H groups in total. The van der Waals surface area contributed by atoms with Crippen LogP contribution in [-0.2, 0) is 26.1 Å². The number of methoxy groups -OCH3 is 2. The predicted octanol–water partition coefficient (Wildman–Crippen LogP) is 2.05. The van der Waals surface area contributed by atoms with Crippen molar-refractivity contribution < 1.29 is 24.1 Å². The number of hydrogen-bond acceptors (Lipinski definition) is 6. The zero-order chi connectivity index (χ0) is 19.1. The van der Waals surface area contributed by atoms with Crippen molar-refractivity contribution in [2.24, 2.45) is 0 Å². The topological polar surface area (TPSA) is 68.0 Å². The highest BCUT2D eigenvalue weighted by Crippen LogP contribution is 2.70. The maximum Gasteiger partial charge on any atom is 0.303 e. The standard InChI is InChI=1S/C21H23NO5/c1-11(23)27-15-7-13-19-21(22(19)2)8-12-5-6-14(25-3)18(24)17(12)20(13,10-21)9-16(15)26-4/h5-7,9,15,19,24H,8,10H2,1-4H3/t15-,19-,20+,21?,22?/m0/s1. The number of fused-ring (bicyclic) bond motifs is 2. The van der Waals surface area contributed by atoms with Gasteiger partial charge in [-0.3, -0.25) is 9.69 Å². The molecule has 6 nitrogen and oxygen atoms in total. The van der Waals surface area contributed by atoms with E-state index in [4.69, 9.17) is 14.2 Å². The SMILES string of the molecule is COC1=C[C@]23CC4(Cc5ccc(OC)c(O)c52)[C@H](C3=C[C@@H]1OC(C)=O)N4C. The largest absolute Gasteiger partial charge is 0.504 e. The summed E-state index contributed by atoms with van der Waals surface area (Å²) in [7, 11) is 5.29. The maximum atomic E-state index is 11.6. The molecule has 0 radical (unpaired) electrons. The van der Waals surface area contributed by atoms with Crippen LogP contribution in [0.1, 0.15) is 24.5 Å². The Morgan fingerprint density at radius 1 is 1.30 bits per heavy atom. The number of benzene rings is 1. The summed E-state index contributed by atoms with van der Waals surface area (Å²) in [5.74, 6) is 0.919. The van der Waals surface area contributed by atoms with Gasteiger partial charge in [0.15, 0.2) is 17.6 Å². The first-order valence-corrected chi connectivity index (χ1v) is 9.16. The predicted molar refractivity (Wildman–Crippen MR) is 97.7 cm³/mol. The van der Waals surface area contributed by atoms with Crippen LogP contribution in [0.15, 0.2) is 35.6 Å². The molecule has 4 aliphatic rings. The molecule has 1 aromatic carbocycles. The van der Waals surface area contributed by atoms with Crippen LogP contribution in [0.5, 0.6) is 11.5 Å². The van der Waals surface area contributed by atoms with Crippen molar-refractivity contribution in [2.75, 3.05) is 21.3 Å². The molecule has 1 heterocycles. The summed E-state index contributed by atoms with van der Waals surface area (Å²) in [6, 6.07) is 4.17. The van der Waals surface area contributed by atoms with Crippen LogP contribution in [0.25, 0.3) is 0 Å². The van der Waals surface area contributed by atoms with Gasteiger partial charge in [-0.25, -0.2) is 0 Å². The number of esters is 1. The highest BCUT2D eigenvalue weighted by molar-refractivity contribution is 5.71. The third kappa shape index (κ3) is 1.86. The Morgan fingerprint density at radius 2 is 2.07 bits per heavy atom. The molecule has 27 heavy (non-hydrogen) atoms. The van der Waals surface area contributed by atoms with Crippen LogP contribution >= 0.6 is 0 Å². The van der Waals surface area contributed by atoms with E-state index >= 15 is 0 Å². The van der Waals surface area contributed by atoms with E-state index in [-0.39, 0.29) is 23.3 Å². The van der Waals surface area contributed by atoms with Crippen molar-refractivity contribution in [3.63, 3.8) is 0 Å². The molecule has 142 valence electrons. The van der Waals surface area contributed by atoms with E-state index in [9.17, 15) is 9.90 Å². The molecule has 1 saturated carbocycles. The average Bonchev–Trinajstić information content (AvgIpc) is 3.06. The third-order valence-electron chi connectivity index (χ3n) is 6.84. The van der Waals surface area contributed by atoms with Gasteiger partial charge in [-0.05, 0) is 49.2 Å². The summed E-state index contributed by atoms with van der Waals surface area (Å²) >= 11 is 0. The molecule has 0 aromatic heterocycles. The van der Waals surface area contributed by atoms with Crippen LogP contribution in [0.2, 0.25) is 0 Å². The van der Waals surface area contributed by atoms with E-state index in [1.165, 1.54) is 12.5 Å². The molecule has 5 rings (SSSR count). The lowest BCUT2D eigenvalue weighted by Crippen LogP contribution is -2.40. The lowest BCUT2D eigenvalue weighted by atomic mass is 9.65. The lowest BCUT2D eigenvalue weighted by Gasteiger charge is -2.42. The molecule has 3 aliphatic carbocycles. The van der Waals surface area contributed by atoms with Gasteiger partial charge in [-0.15, -0.1) is 0 Å². The lowest BCUT2D eigenvalue weighted by molar-refractivity contribution is -0.144. The number of ether oxygens (including phenoxy) is 3. The Kier molecular flexibility index (Phi) is 3.13. The van der Waals surface area contributed by atoms with Crippen molar-refractivity contribution in [3.05, 3.63) is 46.7 Å². The summed E-state index contributed by atoms with van der Waals surface area (Å²) in [6.45, 7) is 1.40. The first kappa shape index (κ1) is 16.7. The van der Waals surface area contributed by atoms with Gasteiger partial charge in [0.1, 0.15) is 5.76 Å². The maximum absolute atomic E-state index is 11.6. The Hall–Kier alpha value is -2.47. The van der Waals surface area contributed by atoms with Gasteiger partial charge < -0.3 is 19.3 Å². The molecular weight excluding hydrogens is 346 g/mol. The minimum atomic E-state index is -0.533. The Bertz CT molecular complexity index is 935. The van der Waals surface area contributed by atoms with Gasteiger partial charge in [0.2, 0.25) is 0 Å². The van der Waals surface area contributed by atoms with E-state index < -0.39 is 11.5 Å². The number of likely N-dealkylation sites (N-methyl/N-ethyl adjacent to an activating group) is 1. The smallest absolute Gasteiger partial charge is 0.303 e. The number of allylic oxidation sites excluding steroid dienone is 1. The Labute approximate surface area is 158 Å². The van der Waals surface area contributed by atoms with Gasteiger partial charge in [0, 0.05) is 23.4 Å². The zero-order valence-corrected chi connectivity index (χ0v) is 15.9. The first-order chi connectivity index (χ1) is 12.9. The third-order valence-corrected chi connectivity index (χ3v) is 6.84. The number of hydrogen-bond donors (Lipinski definition) is 1. The molecule has 2 unspecified atom stereocenters. The Balaban J connectivity index is 1.75. The fourth-order valence-corrected chi connectivity index (χ4v) is 5.81. The number of carbonyl (C=O) groups is 1. The Morgan fingerprint density at radius 3 is 2.74 bits per heavy atom. The molecule has 5 atom stereocenters. The number of likely N-dealkylation sites (tertiary alicyclic amines) is 1. The highest BCUT2D eigenvalue weighted by Gasteiger charge is 2.75. The van der Waals surface area contributed by atoms with Crippen molar-refractivity contribution >= 4 is 5.97 Å². The first-order valence-electron chi connectivity index (χ1n) is 9.16. The summed E-state index contributed by atoms with van der Waals surface area (Å²) in [4.78, 5) is 14.0. The number of nitrogens with zero attached hydrogens (tertiary/aromatic N) is 1. The number of phenolic OH excluding ortho intramolecular Hbond substituents is 1. The van der Waals surface area contributed by atoms with Gasteiger partial charge >= 0.3 is 5.97 Å². The summed E-state index contributed by atoms with van der Waals surface area (Å²) in [5, 5.41) is 11.0. The highest BCUT2D eigenvalue weighted by atomic mass is 16.6. The van der Waals surface area contributed by atoms with Crippen LogP contribution in [0.3, 0.4) is 0 Å². The second-order valence-electron chi connectivity index (χ2n) is 8.00. The molecule has 6 heteroatoms. The number of rotatable bonds is 3. The van der Waals surface area contributed by atoms with Gasteiger partial charge in [-0.2, -0.15) is 0 Å². The van der Waals surface area contributed by atoms with Crippen molar-refractivity contribution in [2.45, 2.75) is 42.9 Å². The van der Waals surface area contributed by atoms with E-state index in [0.29, 0.717) is 11.5 Å². The second-order valence-corrected chi connectivity index (χ2v) is 8.00. The van der Waals surface area contributed by atoms with Crippen molar-refractivity contribution in [1.29, 1.82) is 0 Å². The molecule has 1 saturated heterocycles. The van der Waals surface area contributed by atoms with Crippen LogP contribution in [-0.4, -0.2) is 54.9 Å². The average molecular weight is 369 g/mol. The minimum absolute atomic E-state index is 0.0559. The molecule has 0 amide bonds. The van der Waals surface area contributed by atoms with Crippen LogP contribution in [0, 0.1) is 0 Å². The fourth-order valence-electron chi connectivity index (χ4n) is 5.81. The molecule has 2 fully saturated rings. The second kappa shape index (κ2) is 5.07. The van der Waals surface area contributed by atoms with Crippen LogP contribution < -0.4 is 4.74 Å². The number of carbonyl (C=O) groups excluding carboxylic acids is 1. The zero-order valence-electron chi connectivity index (χ0n) is 15.9. The van der Waals surface area contributed by atoms with Crippen LogP contribution in [0.4, 0.5) is 0 Å². The minimum Gasteiger partial charge on any atom is -0.504 e. The van der Waals surface area contributed by atoms with Gasteiger partial charge in [-0.1, -0.05) is 6.07 Å². The number of piperidine rings is 1. The molecule has 2 spiro atoms. The quantitative estimate of drug-likeness (QED) is 0.500. The monoisotopic (exact) mass is 369 g/mol. The van der Waals surface area contributed by atoms with E-state index in [1.807, 2.05) is 12.1 Å². The van der Waals surface area contributed by atoms with E-state index in [1.54, 1.807) is 14.2 Å².